The molecule has 1 aromatic heterocycles. The number of H-pyrrole nitrogens is 1. The highest BCUT2D eigenvalue weighted by Crippen LogP contribution is 2.36. The van der Waals surface area contributed by atoms with Crippen molar-refractivity contribution in [1.29, 1.82) is 0 Å². The molecule has 0 amide bonds. The van der Waals surface area contributed by atoms with Crippen molar-refractivity contribution in [3.63, 3.8) is 0 Å². The summed E-state index contributed by atoms with van der Waals surface area (Å²) in [6.07, 6.45) is 1.85. The standard InChI is InChI=1S/C20H20BrN3O2/c21-15-5-3-4-14(12-15)20(8-10-26-11-9-20)13-22-19-23-17-7-2-1-6-16(17)18(25)24-19/h1-7,12H,8-11,13H2,(H2,22,23,24,25). The van der Waals surface area contributed by atoms with Gasteiger partial charge in [-0.2, -0.15) is 0 Å². The summed E-state index contributed by atoms with van der Waals surface area (Å²) in [6.45, 7) is 2.15. The van der Waals surface area contributed by atoms with Crippen molar-refractivity contribution in [3.8, 4) is 0 Å². The molecule has 0 unspecified atom stereocenters. The maximum atomic E-state index is 12.3. The maximum Gasteiger partial charge on any atom is 0.260 e. The summed E-state index contributed by atoms with van der Waals surface area (Å²) < 4.78 is 6.66. The molecule has 6 heteroatoms. The van der Waals surface area contributed by atoms with E-state index in [1.165, 1.54) is 5.56 Å². The highest BCUT2D eigenvalue weighted by molar-refractivity contribution is 9.10. The summed E-state index contributed by atoms with van der Waals surface area (Å²) in [6, 6.07) is 15.8. The molecule has 134 valence electrons. The van der Waals surface area contributed by atoms with E-state index in [9.17, 15) is 4.79 Å². The average Bonchev–Trinajstić information content (AvgIpc) is 2.67. The monoisotopic (exact) mass is 413 g/mol. The van der Waals surface area contributed by atoms with Crippen LogP contribution in [0, 0.1) is 0 Å². The Morgan fingerprint density at radius 2 is 1.96 bits per heavy atom. The maximum absolute atomic E-state index is 12.3. The third kappa shape index (κ3) is 3.39. The van der Waals surface area contributed by atoms with Gasteiger partial charge in [0.1, 0.15) is 0 Å². The topological polar surface area (TPSA) is 67.0 Å². The molecule has 1 aliphatic heterocycles. The van der Waals surface area contributed by atoms with E-state index in [-0.39, 0.29) is 11.0 Å². The summed E-state index contributed by atoms with van der Waals surface area (Å²) in [7, 11) is 0. The van der Waals surface area contributed by atoms with E-state index < -0.39 is 0 Å². The van der Waals surface area contributed by atoms with Crippen LogP contribution in [0.3, 0.4) is 0 Å². The van der Waals surface area contributed by atoms with Crippen LogP contribution in [0.25, 0.3) is 10.9 Å². The van der Waals surface area contributed by atoms with Crippen LogP contribution in [0.2, 0.25) is 0 Å². The zero-order valence-corrected chi connectivity index (χ0v) is 15.9. The molecule has 0 radical (unpaired) electrons. The Hall–Kier alpha value is -2.18. The lowest BCUT2D eigenvalue weighted by atomic mass is 9.74. The summed E-state index contributed by atoms with van der Waals surface area (Å²) in [5.41, 5.74) is 1.79. The van der Waals surface area contributed by atoms with Gasteiger partial charge in [-0.1, -0.05) is 40.2 Å². The lowest BCUT2D eigenvalue weighted by molar-refractivity contribution is 0.0543. The van der Waals surface area contributed by atoms with Crippen molar-refractivity contribution in [2.75, 3.05) is 25.1 Å². The second-order valence-electron chi connectivity index (χ2n) is 6.69. The Morgan fingerprint density at radius 3 is 2.77 bits per heavy atom. The van der Waals surface area contributed by atoms with Gasteiger partial charge in [0.15, 0.2) is 0 Å². The first-order valence-electron chi connectivity index (χ1n) is 8.73. The van der Waals surface area contributed by atoms with Gasteiger partial charge < -0.3 is 10.1 Å². The molecule has 2 heterocycles. The van der Waals surface area contributed by atoms with Crippen LogP contribution in [0.15, 0.2) is 57.8 Å². The van der Waals surface area contributed by atoms with Crippen LogP contribution >= 0.6 is 15.9 Å². The van der Waals surface area contributed by atoms with Crippen molar-refractivity contribution < 1.29 is 4.74 Å². The zero-order chi connectivity index (χ0) is 18.0. The van der Waals surface area contributed by atoms with Crippen LogP contribution in [0.5, 0.6) is 0 Å². The van der Waals surface area contributed by atoms with Crippen LogP contribution in [-0.2, 0) is 10.2 Å². The predicted octanol–water partition coefficient (Wildman–Crippen LogP) is 3.85. The van der Waals surface area contributed by atoms with Gasteiger partial charge in [0.25, 0.3) is 5.56 Å². The van der Waals surface area contributed by atoms with Gasteiger partial charge >= 0.3 is 0 Å². The number of halogens is 1. The van der Waals surface area contributed by atoms with E-state index >= 15 is 0 Å². The molecule has 0 saturated carbocycles. The molecule has 5 nitrogen and oxygen atoms in total. The van der Waals surface area contributed by atoms with Crippen molar-refractivity contribution in [3.05, 3.63) is 68.9 Å². The van der Waals surface area contributed by atoms with Crippen LogP contribution in [0.4, 0.5) is 5.95 Å². The summed E-state index contributed by atoms with van der Waals surface area (Å²) in [5.74, 6) is 0.509. The molecule has 2 aromatic carbocycles. The zero-order valence-electron chi connectivity index (χ0n) is 14.3. The number of nitrogens with zero attached hydrogens (tertiary/aromatic N) is 1. The minimum atomic E-state index is -0.124. The quantitative estimate of drug-likeness (QED) is 0.681. The van der Waals surface area contributed by atoms with E-state index in [1.807, 2.05) is 24.3 Å². The average molecular weight is 414 g/mol. The molecule has 1 fully saturated rings. The Labute approximate surface area is 159 Å². The molecule has 2 N–H and O–H groups in total. The molecule has 3 aromatic rings. The molecule has 0 atom stereocenters. The van der Waals surface area contributed by atoms with E-state index in [2.05, 4.69) is 49.4 Å². The van der Waals surface area contributed by atoms with Gasteiger partial charge in [0.05, 0.1) is 10.9 Å². The first kappa shape index (κ1) is 17.2. The van der Waals surface area contributed by atoms with Crippen molar-refractivity contribution in [1.82, 2.24) is 9.97 Å². The van der Waals surface area contributed by atoms with Gasteiger partial charge in [-0.15, -0.1) is 0 Å². The minimum Gasteiger partial charge on any atom is -0.381 e. The lowest BCUT2D eigenvalue weighted by Crippen LogP contribution is -2.40. The second-order valence-corrected chi connectivity index (χ2v) is 7.60. The number of ether oxygens (including phenoxy) is 1. The molecule has 0 spiro atoms. The van der Waals surface area contributed by atoms with Gasteiger partial charge in [0.2, 0.25) is 5.95 Å². The second kappa shape index (κ2) is 7.21. The summed E-state index contributed by atoms with van der Waals surface area (Å²) >= 11 is 3.57. The van der Waals surface area contributed by atoms with Gasteiger partial charge in [0, 0.05) is 29.6 Å². The Morgan fingerprint density at radius 1 is 1.15 bits per heavy atom. The van der Waals surface area contributed by atoms with Gasteiger partial charge in [-0.3, -0.25) is 9.78 Å². The number of aromatic amines is 1. The van der Waals surface area contributed by atoms with E-state index in [0.29, 0.717) is 23.4 Å². The first-order chi connectivity index (χ1) is 12.7. The van der Waals surface area contributed by atoms with Gasteiger partial charge in [-0.25, -0.2) is 4.98 Å². The molecular weight excluding hydrogens is 394 g/mol. The minimum absolute atomic E-state index is 0.0494. The fraction of sp³-hybridized carbons (Fsp3) is 0.300. The molecule has 1 aliphatic rings. The van der Waals surface area contributed by atoms with Crippen molar-refractivity contribution in [2.24, 2.45) is 0 Å². The van der Waals surface area contributed by atoms with E-state index in [1.54, 1.807) is 6.07 Å². The van der Waals surface area contributed by atoms with Crippen LogP contribution in [-0.4, -0.2) is 29.7 Å². The fourth-order valence-electron chi connectivity index (χ4n) is 3.57. The molecule has 0 bridgehead atoms. The highest BCUT2D eigenvalue weighted by atomic mass is 79.9. The summed E-state index contributed by atoms with van der Waals surface area (Å²) in [5, 5.41) is 3.97. The Bertz CT molecular complexity index is 980. The summed E-state index contributed by atoms with van der Waals surface area (Å²) in [4.78, 5) is 19.7. The molecule has 26 heavy (non-hydrogen) atoms. The van der Waals surface area contributed by atoms with Crippen LogP contribution < -0.4 is 10.9 Å². The number of aromatic nitrogens is 2. The number of para-hydroxylation sites is 1. The number of fused-ring (bicyclic) bond motifs is 1. The lowest BCUT2D eigenvalue weighted by Gasteiger charge is -2.38. The Kier molecular flexibility index (Phi) is 4.78. The number of nitrogens with one attached hydrogen (secondary N) is 2. The SMILES string of the molecule is O=c1[nH]c(NCC2(c3cccc(Br)c3)CCOCC2)nc2ccccc12. The van der Waals surface area contributed by atoms with E-state index in [0.717, 1.165) is 30.5 Å². The predicted molar refractivity (Wildman–Crippen MR) is 107 cm³/mol. The van der Waals surface area contributed by atoms with Crippen molar-refractivity contribution >= 4 is 32.8 Å². The number of hydrogen-bond acceptors (Lipinski definition) is 4. The third-order valence-electron chi connectivity index (χ3n) is 5.09. The normalized spacial score (nSPS) is 16.5. The molecule has 0 aliphatic carbocycles. The molecular formula is C20H20BrN3O2. The Balaban J connectivity index is 1.64. The number of hydrogen-bond donors (Lipinski definition) is 2. The first-order valence-corrected chi connectivity index (χ1v) is 9.52. The molecule has 1 saturated heterocycles. The van der Waals surface area contributed by atoms with Gasteiger partial charge in [-0.05, 0) is 42.7 Å². The largest absolute Gasteiger partial charge is 0.381 e. The van der Waals surface area contributed by atoms with Crippen LogP contribution in [0.1, 0.15) is 18.4 Å². The highest BCUT2D eigenvalue weighted by Gasteiger charge is 2.34. The molecule has 4 rings (SSSR count). The smallest absolute Gasteiger partial charge is 0.260 e. The van der Waals surface area contributed by atoms with E-state index in [4.69, 9.17) is 4.74 Å². The van der Waals surface area contributed by atoms with Crippen molar-refractivity contribution in [2.45, 2.75) is 18.3 Å². The number of anilines is 1. The fourth-order valence-corrected chi connectivity index (χ4v) is 3.97. The number of rotatable bonds is 4. The number of benzene rings is 2. The third-order valence-corrected chi connectivity index (χ3v) is 5.59.